The summed E-state index contributed by atoms with van der Waals surface area (Å²) < 4.78 is 14.8. The molecule has 0 heterocycles. The van der Waals surface area contributed by atoms with Crippen LogP contribution in [-0.2, 0) is 9.09 Å². The Morgan fingerprint density at radius 3 is 0.600 bits per heavy atom. The van der Waals surface area contributed by atoms with Crippen LogP contribution in [0.1, 0.15) is 231 Å². The average molecular weight is 913 g/mol. The van der Waals surface area contributed by atoms with E-state index in [1.165, 1.54) is 80.6 Å². The zero-order valence-corrected chi connectivity index (χ0v) is 45.2. The number of phosphoric acid groups is 1. The Balaban J connectivity index is 4.29. The van der Waals surface area contributed by atoms with Crippen molar-refractivity contribution in [1.29, 1.82) is 0 Å². The maximum atomic E-state index is 10.6. The van der Waals surface area contributed by atoms with Crippen molar-refractivity contribution in [1.82, 2.24) is 0 Å². The number of phosphoric ester groups is 1. The maximum Gasteiger partial charge on any atom is 0.0702 e. The highest BCUT2D eigenvalue weighted by molar-refractivity contribution is 7.43. The molecule has 0 aliphatic rings. The zero-order chi connectivity index (χ0) is 48.9. The molecule has 65 heavy (non-hydrogen) atoms. The van der Waals surface area contributed by atoms with Gasteiger partial charge in [-0.1, -0.05) is 140 Å². The largest absolute Gasteiger partial charge is 0.790 e. The van der Waals surface area contributed by atoms with Crippen LogP contribution in [-0.4, -0.2) is 6.61 Å². The van der Waals surface area contributed by atoms with Crippen LogP contribution < -0.4 is 9.79 Å². The lowest BCUT2D eigenvalue weighted by atomic mass is 10.0. The maximum absolute atomic E-state index is 10.6. The predicted octanol–water partition coefficient (Wildman–Crippen LogP) is 18.8. The highest BCUT2D eigenvalue weighted by Crippen LogP contribution is 2.24. The normalized spacial score (nSPS) is 15.1. The van der Waals surface area contributed by atoms with Gasteiger partial charge in [-0.05, 0) is 231 Å². The lowest BCUT2D eigenvalue weighted by Gasteiger charge is -2.27. The molecule has 0 saturated carbocycles. The van der Waals surface area contributed by atoms with Crippen molar-refractivity contribution >= 4 is 7.82 Å². The quantitative estimate of drug-likeness (QED) is 0.0464. The van der Waals surface area contributed by atoms with E-state index in [1.54, 1.807) is 6.08 Å². The third-order valence-electron chi connectivity index (χ3n) is 12.1. The fourth-order valence-electron chi connectivity index (χ4n) is 7.44. The van der Waals surface area contributed by atoms with Gasteiger partial charge in [0.05, 0.1) is 14.4 Å². The fourth-order valence-corrected chi connectivity index (χ4v) is 7.70. The highest BCUT2D eigenvalue weighted by Gasteiger charge is 1.99. The van der Waals surface area contributed by atoms with Crippen LogP contribution in [0, 0.1) is 0 Å². The molecule has 0 aromatic heterocycles. The lowest BCUT2D eigenvalue weighted by Crippen LogP contribution is -2.16. The van der Waals surface area contributed by atoms with E-state index >= 15 is 0 Å². The average Bonchev–Trinajstić information content (AvgIpc) is 3.20. The number of allylic oxidation sites excluding steroid dienone is 23. The first-order valence-electron chi connectivity index (χ1n) is 25.3. The van der Waals surface area contributed by atoms with Crippen molar-refractivity contribution in [2.75, 3.05) is 6.61 Å². The van der Waals surface area contributed by atoms with Crippen LogP contribution >= 0.6 is 7.82 Å². The molecule has 0 amide bonds. The summed E-state index contributed by atoms with van der Waals surface area (Å²) >= 11 is 0. The van der Waals surface area contributed by atoms with E-state index in [0.717, 1.165) is 128 Å². The van der Waals surface area contributed by atoms with E-state index in [2.05, 4.69) is 154 Å². The summed E-state index contributed by atoms with van der Waals surface area (Å²) in [6.07, 6.45) is 52.6. The van der Waals surface area contributed by atoms with Crippen molar-refractivity contribution in [3.05, 3.63) is 140 Å². The van der Waals surface area contributed by atoms with E-state index in [9.17, 15) is 14.4 Å². The number of hydrogen-bond acceptors (Lipinski definition) is 4. The van der Waals surface area contributed by atoms with Crippen molar-refractivity contribution in [2.45, 2.75) is 231 Å². The fraction of sp³-hybridized carbons (Fsp3) is 0.600. The van der Waals surface area contributed by atoms with Gasteiger partial charge in [-0.2, -0.15) is 0 Å². The van der Waals surface area contributed by atoms with E-state index < -0.39 is 7.82 Å². The second kappa shape index (κ2) is 39.0. The third kappa shape index (κ3) is 43.3. The van der Waals surface area contributed by atoms with Gasteiger partial charge in [-0.25, -0.2) is 0 Å². The molecule has 0 rings (SSSR count). The monoisotopic (exact) mass is 913 g/mol. The van der Waals surface area contributed by atoms with E-state index in [0.29, 0.717) is 0 Å². The van der Waals surface area contributed by atoms with E-state index in [1.807, 2.05) is 6.92 Å². The number of rotatable bonds is 36. The minimum Gasteiger partial charge on any atom is -0.790 e. The molecule has 0 aliphatic heterocycles. The lowest BCUT2D eigenvalue weighted by molar-refractivity contribution is -0.340. The van der Waals surface area contributed by atoms with Gasteiger partial charge in [0, 0.05) is 0 Å². The zero-order valence-electron chi connectivity index (χ0n) is 44.3. The van der Waals surface area contributed by atoms with Gasteiger partial charge in [0.15, 0.2) is 0 Å². The summed E-state index contributed by atoms with van der Waals surface area (Å²) in [5.41, 5.74) is 17.3. The highest BCUT2D eigenvalue weighted by atomic mass is 31.2. The van der Waals surface area contributed by atoms with Crippen LogP contribution in [0.5, 0.6) is 0 Å². The summed E-state index contributed by atoms with van der Waals surface area (Å²) in [7, 11) is -4.90. The Morgan fingerprint density at radius 2 is 0.446 bits per heavy atom. The Hall–Kier alpha value is -3.01. The van der Waals surface area contributed by atoms with Crippen molar-refractivity contribution < 1.29 is 18.9 Å². The smallest absolute Gasteiger partial charge is 0.0702 e. The summed E-state index contributed by atoms with van der Waals surface area (Å²) in [6, 6.07) is 0. The summed E-state index contributed by atoms with van der Waals surface area (Å²) in [5.74, 6) is 0. The molecule has 4 nitrogen and oxygen atoms in total. The van der Waals surface area contributed by atoms with Crippen molar-refractivity contribution in [3.8, 4) is 0 Å². The van der Waals surface area contributed by atoms with Gasteiger partial charge in [0.1, 0.15) is 0 Å². The van der Waals surface area contributed by atoms with Crippen LogP contribution in [0.15, 0.2) is 140 Å². The molecule has 0 saturated heterocycles. The molecule has 5 heteroatoms. The third-order valence-corrected chi connectivity index (χ3v) is 12.5. The van der Waals surface area contributed by atoms with Crippen LogP contribution in [0.4, 0.5) is 0 Å². The molecule has 0 radical (unpaired) electrons. The molecule has 0 bridgehead atoms. The summed E-state index contributed by atoms with van der Waals surface area (Å²) in [5, 5.41) is 0. The summed E-state index contributed by atoms with van der Waals surface area (Å²) in [4.78, 5) is 21.1. The molecule has 0 fully saturated rings. The number of hydrogen-bond donors (Lipinski definition) is 0. The molecule has 0 atom stereocenters. The van der Waals surface area contributed by atoms with Gasteiger partial charge >= 0.3 is 0 Å². The van der Waals surface area contributed by atoms with Crippen molar-refractivity contribution in [3.63, 3.8) is 0 Å². The first kappa shape index (κ1) is 62.0. The Kier molecular flexibility index (Phi) is 37.2. The summed E-state index contributed by atoms with van der Waals surface area (Å²) in [6.45, 7) is 28.8. The van der Waals surface area contributed by atoms with Gasteiger partial charge in [0.2, 0.25) is 0 Å². The van der Waals surface area contributed by atoms with Crippen LogP contribution in [0.25, 0.3) is 0 Å². The second-order valence-electron chi connectivity index (χ2n) is 19.5. The minimum atomic E-state index is -4.90. The Bertz CT molecular complexity index is 1770. The van der Waals surface area contributed by atoms with Gasteiger partial charge in [-0.3, -0.25) is 0 Å². The van der Waals surface area contributed by atoms with Gasteiger partial charge < -0.3 is 18.9 Å². The van der Waals surface area contributed by atoms with Crippen LogP contribution in [0.3, 0.4) is 0 Å². The van der Waals surface area contributed by atoms with E-state index in [4.69, 9.17) is 0 Å². The topological polar surface area (TPSA) is 72.4 Å². The molecular weight excluding hydrogens is 816 g/mol. The molecule has 0 aromatic carbocycles. The standard InChI is InChI=1S/C60H99O4P/c1-49(2)25-14-26-50(3)27-15-28-51(4)29-16-30-52(5)31-17-32-53(6)33-18-34-54(7)35-19-36-55(8)37-20-38-56(9)39-21-40-57(10)41-22-42-58(11)43-23-44-59(12)45-24-46-60(13)47-48-64-65(61,62)63/h25,27,29,31,33,35,37,39,41,43,45,47H,14-24,26,28,30,32,34,36,38,40,42,44,46,48H2,1-13H3,(H2,61,62,63)/p-2/b50-27+,51-29+,52-31-,53-33-,54-35-,55-37-,56-39-,57-41-,58-43-,59-45-,60-47-. The molecular formula is C60H97O4P-2. The Morgan fingerprint density at radius 1 is 0.292 bits per heavy atom. The molecule has 368 valence electrons. The van der Waals surface area contributed by atoms with Gasteiger partial charge in [0.25, 0.3) is 0 Å². The molecule has 0 N–H and O–H groups in total. The molecule has 0 aromatic rings. The van der Waals surface area contributed by atoms with Crippen LogP contribution in [0.2, 0.25) is 0 Å². The molecule has 0 unspecified atom stereocenters. The van der Waals surface area contributed by atoms with E-state index in [-0.39, 0.29) is 6.61 Å². The Labute approximate surface area is 402 Å². The minimum absolute atomic E-state index is 0.180. The first-order valence-corrected chi connectivity index (χ1v) is 26.7. The molecule has 0 aliphatic carbocycles. The SMILES string of the molecule is CC(C)=CCC/C(C)=C/CC/C(C)=C/CC/C(C)=C\CC/C(C)=C\CC/C(C)=C\CC/C(C)=C\CC/C(C)=C\CC/C(C)=C\CC/C(C)=C\CC/C(C)=C\CC/C(C)=C\COP(=O)([O-])[O-]. The predicted molar refractivity (Wildman–Crippen MR) is 286 cm³/mol. The van der Waals surface area contributed by atoms with Gasteiger partial charge in [-0.15, -0.1) is 0 Å². The first-order chi connectivity index (χ1) is 30.7. The molecule has 0 spiro atoms. The van der Waals surface area contributed by atoms with Crippen molar-refractivity contribution in [2.24, 2.45) is 0 Å². The second-order valence-corrected chi connectivity index (χ2v) is 20.7.